The number of rotatable bonds is 5. The molecule has 0 atom stereocenters. The molecular weight excluding hydrogens is 304 g/mol. The van der Waals surface area contributed by atoms with Crippen LogP contribution in [0.2, 0.25) is 0 Å². The van der Waals surface area contributed by atoms with Crippen LogP contribution in [0, 0.1) is 6.92 Å². The van der Waals surface area contributed by atoms with Gasteiger partial charge >= 0.3 is 0 Å². The zero-order chi connectivity index (χ0) is 13.7. The molecule has 0 saturated carbocycles. The molecule has 0 spiro atoms. The van der Waals surface area contributed by atoms with E-state index in [4.69, 9.17) is 4.74 Å². The summed E-state index contributed by atoms with van der Waals surface area (Å²) in [4.78, 5) is 3.42. The Hall–Kier alpha value is -0.580. The van der Waals surface area contributed by atoms with Gasteiger partial charge in [-0.2, -0.15) is 0 Å². The van der Waals surface area contributed by atoms with Crippen molar-refractivity contribution in [2.75, 3.05) is 45.9 Å². The average molecular weight is 329 g/mol. The predicted octanol–water partition coefficient (Wildman–Crippen LogP) is -0.0604. The zero-order valence-corrected chi connectivity index (χ0v) is 13.6. The third-order valence-electron chi connectivity index (χ3n) is 3.96. The Labute approximate surface area is 124 Å². The fourth-order valence-corrected chi connectivity index (χ4v) is 3.20. The minimum absolute atomic E-state index is 0.804. The maximum atomic E-state index is 5.87. The van der Waals surface area contributed by atoms with Gasteiger partial charge in [-0.3, -0.25) is 0 Å². The maximum Gasteiger partial charge on any atom is 0.137 e. The Morgan fingerprint density at radius 3 is 2.47 bits per heavy atom. The number of quaternary nitrogens is 2. The second-order valence-electron chi connectivity index (χ2n) is 5.39. The molecule has 4 heteroatoms. The number of hydrogen-bond donors (Lipinski definition) is 2. The van der Waals surface area contributed by atoms with Gasteiger partial charge in [0.15, 0.2) is 0 Å². The maximum absolute atomic E-state index is 5.87. The minimum atomic E-state index is 0.804. The van der Waals surface area contributed by atoms with Crippen molar-refractivity contribution < 1.29 is 14.5 Å². The van der Waals surface area contributed by atoms with Crippen LogP contribution in [-0.4, -0.2) is 45.9 Å². The van der Waals surface area contributed by atoms with Gasteiger partial charge < -0.3 is 14.5 Å². The molecule has 0 bridgehead atoms. The van der Waals surface area contributed by atoms with Gasteiger partial charge in [-0.15, -0.1) is 0 Å². The van der Waals surface area contributed by atoms with Crippen LogP contribution in [0.3, 0.4) is 0 Å². The van der Waals surface area contributed by atoms with Crippen molar-refractivity contribution in [3.63, 3.8) is 0 Å². The molecule has 1 fully saturated rings. The average Bonchev–Trinajstić information content (AvgIpc) is 2.42. The van der Waals surface area contributed by atoms with Gasteiger partial charge in [-0.05, 0) is 47.5 Å². The third kappa shape index (κ3) is 4.48. The Morgan fingerprint density at radius 1 is 1.16 bits per heavy atom. The zero-order valence-electron chi connectivity index (χ0n) is 12.0. The molecule has 0 radical (unpaired) electrons. The number of halogens is 1. The van der Waals surface area contributed by atoms with Gasteiger partial charge in [0.25, 0.3) is 0 Å². The number of piperazine rings is 1. The van der Waals surface area contributed by atoms with Gasteiger partial charge in [0, 0.05) is 0 Å². The van der Waals surface area contributed by atoms with Crippen molar-refractivity contribution >= 4 is 15.9 Å². The highest BCUT2D eigenvalue weighted by molar-refractivity contribution is 9.10. The van der Waals surface area contributed by atoms with Crippen molar-refractivity contribution in [3.8, 4) is 5.75 Å². The molecule has 19 heavy (non-hydrogen) atoms. The highest BCUT2D eigenvalue weighted by Gasteiger charge is 2.21. The fraction of sp³-hybridized carbons (Fsp3) is 0.600. The molecule has 1 aromatic carbocycles. The molecule has 0 aliphatic carbocycles. The molecule has 0 aromatic heterocycles. The third-order valence-corrected chi connectivity index (χ3v) is 4.58. The first-order valence-corrected chi connectivity index (χ1v) is 8.04. The van der Waals surface area contributed by atoms with Crippen LogP contribution in [0.25, 0.3) is 0 Å². The molecule has 3 nitrogen and oxygen atoms in total. The summed E-state index contributed by atoms with van der Waals surface area (Å²) in [6.07, 6.45) is 0. The van der Waals surface area contributed by atoms with Crippen LogP contribution < -0.4 is 14.5 Å². The molecule has 0 unspecified atom stereocenters. The number of aryl methyl sites for hydroxylation is 1. The van der Waals surface area contributed by atoms with E-state index in [1.807, 2.05) is 6.07 Å². The Morgan fingerprint density at radius 2 is 1.84 bits per heavy atom. The Balaban J connectivity index is 1.72. The molecule has 1 saturated heterocycles. The van der Waals surface area contributed by atoms with Crippen LogP contribution in [0.15, 0.2) is 22.7 Å². The SMILES string of the molecule is CC[NH+]1CC[NH+](CCOc2ccc(C)cc2Br)CC1. The lowest BCUT2D eigenvalue weighted by Gasteiger charge is -2.28. The summed E-state index contributed by atoms with van der Waals surface area (Å²) in [5.74, 6) is 0.961. The normalized spacial score (nSPS) is 23.3. The standard InChI is InChI=1S/C15H23BrN2O/c1-3-17-6-8-18(9-7-17)10-11-19-15-5-4-13(2)12-14(15)16/h4-5,12H,3,6-11H2,1-2H3/p+2. The minimum Gasteiger partial charge on any atom is -0.487 e. The van der Waals surface area contributed by atoms with Gasteiger partial charge in [0.05, 0.1) is 11.0 Å². The molecule has 2 N–H and O–H groups in total. The smallest absolute Gasteiger partial charge is 0.137 e. The monoisotopic (exact) mass is 328 g/mol. The first kappa shape index (κ1) is 14.8. The largest absolute Gasteiger partial charge is 0.487 e. The van der Waals surface area contributed by atoms with Crippen LogP contribution in [0.4, 0.5) is 0 Å². The second-order valence-corrected chi connectivity index (χ2v) is 6.24. The van der Waals surface area contributed by atoms with E-state index in [2.05, 4.69) is 41.9 Å². The van der Waals surface area contributed by atoms with Crippen molar-refractivity contribution in [2.24, 2.45) is 0 Å². The Kier molecular flexibility index (Phi) is 5.67. The first-order chi connectivity index (χ1) is 9.19. The quantitative estimate of drug-likeness (QED) is 0.775. The van der Waals surface area contributed by atoms with Crippen LogP contribution in [0.1, 0.15) is 12.5 Å². The number of hydrogen-bond acceptors (Lipinski definition) is 1. The summed E-state index contributed by atoms with van der Waals surface area (Å²) in [6, 6.07) is 6.25. The molecule has 1 aromatic rings. The summed E-state index contributed by atoms with van der Waals surface area (Å²) >= 11 is 3.56. The lowest BCUT2D eigenvalue weighted by Crippen LogP contribution is -3.28. The van der Waals surface area contributed by atoms with Crippen LogP contribution >= 0.6 is 15.9 Å². The predicted molar refractivity (Wildman–Crippen MR) is 81.2 cm³/mol. The van der Waals surface area contributed by atoms with Crippen molar-refractivity contribution in [3.05, 3.63) is 28.2 Å². The summed E-state index contributed by atoms with van der Waals surface area (Å²) < 4.78 is 6.93. The number of nitrogens with one attached hydrogen (secondary N) is 2. The summed E-state index contributed by atoms with van der Waals surface area (Å²) in [6.45, 7) is 12.7. The van der Waals surface area contributed by atoms with Crippen molar-refractivity contribution in [1.29, 1.82) is 0 Å². The van der Waals surface area contributed by atoms with Crippen LogP contribution in [-0.2, 0) is 0 Å². The van der Waals surface area contributed by atoms with E-state index >= 15 is 0 Å². The Bertz CT molecular complexity index is 403. The molecule has 1 aliphatic heterocycles. The lowest BCUT2D eigenvalue weighted by atomic mass is 10.2. The molecular formula is C15H25BrN2O+2. The first-order valence-electron chi connectivity index (χ1n) is 7.25. The van der Waals surface area contributed by atoms with E-state index in [-0.39, 0.29) is 0 Å². The van der Waals surface area contributed by atoms with Gasteiger partial charge in [-0.1, -0.05) is 6.07 Å². The van der Waals surface area contributed by atoms with E-state index in [9.17, 15) is 0 Å². The number of likely N-dealkylation sites (N-methyl/N-ethyl adjacent to an activating group) is 1. The summed E-state index contributed by atoms with van der Waals surface area (Å²) in [5.41, 5.74) is 1.25. The van der Waals surface area contributed by atoms with E-state index in [0.29, 0.717) is 0 Å². The molecule has 0 amide bonds. The van der Waals surface area contributed by atoms with Gasteiger partial charge in [-0.25, -0.2) is 0 Å². The summed E-state index contributed by atoms with van der Waals surface area (Å²) in [7, 11) is 0. The number of ether oxygens (including phenoxy) is 1. The topological polar surface area (TPSA) is 18.1 Å². The molecule has 2 rings (SSSR count). The van der Waals surface area contributed by atoms with E-state index in [0.717, 1.165) is 23.4 Å². The molecule has 1 aliphatic rings. The van der Waals surface area contributed by atoms with Crippen molar-refractivity contribution in [1.82, 2.24) is 0 Å². The molecule has 106 valence electrons. The van der Waals surface area contributed by atoms with E-state index in [1.54, 1.807) is 9.80 Å². The van der Waals surface area contributed by atoms with Crippen molar-refractivity contribution in [2.45, 2.75) is 13.8 Å². The van der Waals surface area contributed by atoms with E-state index in [1.165, 1.54) is 38.3 Å². The van der Waals surface area contributed by atoms with E-state index < -0.39 is 0 Å². The van der Waals surface area contributed by atoms with Gasteiger partial charge in [0.1, 0.15) is 45.1 Å². The fourth-order valence-electron chi connectivity index (χ4n) is 2.59. The highest BCUT2D eigenvalue weighted by Crippen LogP contribution is 2.25. The second kappa shape index (κ2) is 7.27. The molecule has 1 heterocycles. The van der Waals surface area contributed by atoms with Gasteiger partial charge in [0.2, 0.25) is 0 Å². The lowest BCUT2D eigenvalue weighted by molar-refractivity contribution is -1.01. The van der Waals surface area contributed by atoms with Crippen LogP contribution in [0.5, 0.6) is 5.75 Å². The number of benzene rings is 1. The highest BCUT2D eigenvalue weighted by atomic mass is 79.9. The summed E-state index contributed by atoms with van der Waals surface area (Å²) in [5, 5.41) is 0.